The molecule has 0 fully saturated rings. The third-order valence-corrected chi connectivity index (χ3v) is 3.66. The molecule has 17 heavy (non-hydrogen) atoms. The molecular formula is C14H18N2S. The Labute approximate surface area is 107 Å². The van der Waals surface area contributed by atoms with Crippen LogP contribution in [0.4, 0.5) is 0 Å². The Morgan fingerprint density at radius 1 is 1.24 bits per heavy atom. The number of thiophene rings is 1. The van der Waals surface area contributed by atoms with Crippen molar-refractivity contribution in [3.05, 3.63) is 58.3 Å². The van der Waals surface area contributed by atoms with Gasteiger partial charge < -0.3 is 5.73 Å². The van der Waals surface area contributed by atoms with Gasteiger partial charge in [0.25, 0.3) is 0 Å². The highest BCUT2D eigenvalue weighted by molar-refractivity contribution is 7.07. The summed E-state index contributed by atoms with van der Waals surface area (Å²) in [5.74, 6) is 0. The van der Waals surface area contributed by atoms with Crippen molar-refractivity contribution >= 4 is 11.3 Å². The van der Waals surface area contributed by atoms with Crippen LogP contribution in [0.1, 0.15) is 17.2 Å². The molecule has 3 heteroatoms. The van der Waals surface area contributed by atoms with Gasteiger partial charge >= 0.3 is 0 Å². The Kier molecular flexibility index (Phi) is 4.31. The molecule has 1 unspecified atom stereocenters. The van der Waals surface area contributed by atoms with Crippen molar-refractivity contribution in [2.24, 2.45) is 5.73 Å². The minimum absolute atomic E-state index is 0.307. The fourth-order valence-electron chi connectivity index (χ4n) is 2.02. The van der Waals surface area contributed by atoms with Gasteiger partial charge in [-0.05, 0) is 35.0 Å². The highest BCUT2D eigenvalue weighted by Gasteiger charge is 2.15. The molecule has 0 aliphatic heterocycles. The van der Waals surface area contributed by atoms with Crippen molar-refractivity contribution < 1.29 is 0 Å². The van der Waals surface area contributed by atoms with Crippen LogP contribution in [0.25, 0.3) is 0 Å². The summed E-state index contributed by atoms with van der Waals surface area (Å²) in [7, 11) is 2.13. The smallest absolute Gasteiger partial charge is 0.0479 e. The lowest BCUT2D eigenvalue weighted by Gasteiger charge is -2.26. The van der Waals surface area contributed by atoms with Crippen molar-refractivity contribution in [3.63, 3.8) is 0 Å². The summed E-state index contributed by atoms with van der Waals surface area (Å²) in [6.45, 7) is 1.58. The zero-order valence-electron chi connectivity index (χ0n) is 10.0. The fourth-order valence-corrected chi connectivity index (χ4v) is 2.72. The Morgan fingerprint density at radius 3 is 2.59 bits per heavy atom. The van der Waals surface area contributed by atoms with E-state index in [0.717, 1.165) is 6.54 Å². The molecule has 0 spiro atoms. The molecule has 1 heterocycles. The lowest BCUT2D eigenvalue weighted by molar-refractivity contribution is 0.242. The Hall–Kier alpha value is -1.16. The minimum Gasteiger partial charge on any atom is -0.329 e. The quantitative estimate of drug-likeness (QED) is 0.879. The molecule has 2 aromatic rings. The van der Waals surface area contributed by atoms with Crippen molar-refractivity contribution in [1.82, 2.24) is 4.90 Å². The molecule has 0 radical (unpaired) electrons. The van der Waals surface area contributed by atoms with Crippen LogP contribution in [0.2, 0.25) is 0 Å². The highest BCUT2D eigenvalue weighted by atomic mass is 32.1. The van der Waals surface area contributed by atoms with Crippen LogP contribution in [0.3, 0.4) is 0 Å². The molecule has 0 amide bonds. The molecule has 0 aliphatic rings. The summed E-state index contributed by atoms with van der Waals surface area (Å²) in [4.78, 5) is 2.30. The number of rotatable bonds is 5. The largest absolute Gasteiger partial charge is 0.329 e. The van der Waals surface area contributed by atoms with E-state index in [-0.39, 0.29) is 0 Å². The van der Waals surface area contributed by atoms with Gasteiger partial charge in [-0.1, -0.05) is 30.3 Å². The number of benzene rings is 1. The molecule has 2 rings (SSSR count). The summed E-state index contributed by atoms with van der Waals surface area (Å²) in [6.07, 6.45) is 0. The van der Waals surface area contributed by atoms with E-state index in [0.29, 0.717) is 12.6 Å². The van der Waals surface area contributed by atoms with E-state index in [4.69, 9.17) is 5.73 Å². The van der Waals surface area contributed by atoms with E-state index in [1.807, 2.05) is 6.07 Å². The molecule has 1 aromatic carbocycles. The van der Waals surface area contributed by atoms with E-state index >= 15 is 0 Å². The lowest BCUT2D eigenvalue weighted by atomic mass is 10.1. The number of nitrogens with zero attached hydrogens (tertiary/aromatic N) is 1. The van der Waals surface area contributed by atoms with Gasteiger partial charge in [0.15, 0.2) is 0 Å². The SMILES string of the molecule is CN(Cc1ccccc1)C(CN)c1ccsc1. The van der Waals surface area contributed by atoms with Gasteiger partial charge in [-0.25, -0.2) is 0 Å². The predicted molar refractivity (Wildman–Crippen MR) is 74.0 cm³/mol. The van der Waals surface area contributed by atoms with E-state index in [2.05, 4.69) is 53.0 Å². The summed E-state index contributed by atoms with van der Waals surface area (Å²) in [6, 6.07) is 13.0. The average Bonchev–Trinajstić information content (AvgIpc) is 2.85. The first-order valence-electron chi connectivity index (χ1n) is 5.77. The van der Waals surface area contributed by atoms with Crippen LogP contribution in [0.15, 0.2) is 47.2 Å². The van der Waals surface area contributed by atoms with Crippen molar-refractivity contribution in [2.45, 2.75) is 12.6 Å². The Bertz CT molecular complexity index is 425. The number of hydrogen-bond donors (Lipinski definition) is 1. The predicted octanol–water partition coefficient (Wildman–Crippen LogP) is 2.88. The number of hydrogen-bond acceptors (Lipinski definition) is 3. The van der Waals surface area contributed by atoms with Crippen molar-refractivity contribution in [3.8, 4) is 0 Å². The Balaban J connectivity index is 2.06. The summed E-state index contributed by atoms with van der Waals surface area (Å²) >= 11 is 1.72. The van der Waals surface area contributed by atoms with Crippen LogP contribution in [0.5, 0.6) is 0 Å². The standard InChI is InChI=1S/C14H18N2S/c1-16(10-12-5-3-2-4-6-12)14(9-15)13-7-8-17-11-13/h2-8,11,14H,9-10,15H2,1H3. The van der Waals surface area contributed by atoms with E-state index in [1.54, 1.807) is 11.3 Å². The number of nitrogens with two attached hydrogens (primary N) is 1. The molecule has 2 nitrogen and oxygen atoms in total. The van der Waals surface area contributed by atoms with Gasteiger partial charge in [-0.2, -0.15) is 11.3 Å². The molecule has 0 aliphatic carbocycles. The average molecular weight is 246 g/mol. The Morgan fingerprint density at radius 2 is 2.00 bits per heavy atom. The van der Waals surface area contributed by atoms with Gasteiger partial charge in [0.1, 0.15) is 0 Å². The first-order valence-corrected chi connectivity index (χ1v) is 6.72. The summed E-state index contributed by atoms with van der Waals surface area (Å²) in [5.41, 5.74) is 8.52. The normalized spacial score (nSPS) is 12.9. The monoisotopic (exact) mass is 246 g/mol. The molecule has 90 valence electrons. The highest BCUT2D eigenvalue weighted by Crippen LogP contribution is 2.22. The maximum absolute atomic E-state index is 5.88. The second-order valence-corrected chi connectivity index (χ2v) is 4.99. The third-order valence-electron chi connectivity index (χ3n) is 2.96. The second-order valence-electron chi connectivity index (χ2n) is 4.21. The maximum Gasteiger partial charge on any atom is 0.0479 e. The lowest BCUT2D eigenvalue weighted by Crippen LogP contribution is -2.29. The second kappa shape index (κ2) is 5.96. The zero-order chi connectivity index (χ0) is 12.1. The topological polar surface area (TPSA) is 29.3 Å². The van der Waals surface area contributed by atoms with Gasteiger partial charge in [-0.15, -0.1) is 0 Å². The van der Waals surface area contributed by atoms with Crippen LogP contribution in [0, 0.1) is 0 Å². The van der Waals surface area contributed by atoms with Crippen LogP contribution >= 0.6 is 11.3 Å². The molecule has 0 saturated heterocycles. The van der Waals surface area contributed by atoms with Crippen LogP contribution < -0.4 is 5.73 Å². The zero-order valence-corrected chi connectivity index (χ0v) is 10.9. The molecule has 2 N–H and O–H groups in total. The van der Waals surface area contributed by atoms with Crippen molar-refractivity contribution in [1.29, 1.82) is 0 Å². The first kappa shape index (κ1) is 12.3. The van der Waals surface area contributed by atoms with Crippen LogP contribution in [-0.4, -0.2) is 18.5 Å². The van der Waals surface area contributed by atoms with Gasteiger partial charge in [-0.3, -0.25) is 4.90 Å². The minimum atomic E-state index is 0.307. The van der Waals surface area contributed by atoms with E-state index in [9.17, 15) is 0 Å². The van der Waals surface area contributed by atoms with Crippen molar-refractivity contribution in [2.75, 3.05) is 13.6 Å². The first-order chi connectivity index (χ1) is 8.31. The fraction of sp³-hybridized carbons (Fsp3) is 0.286. The van der Waals surface area contributed by atoms with Crippen LogP contribution in [-0.2, 0) is 6.54 Å². The molecule has 1 atom stereocenters. The molecule has 0 saturated carbocycles. The van der Waals surface area contributed by atoms with E-state index < -0.39 is 0 Å². The maximum atomic E-state index is 5.88. The van der Waals surface area contributed by atoms with Gasteiger partial charge in [0.05, 0.1) is 0 Å². The molecular weight excluding hydrogens is 228 g/mol. The molecule has 1 aromatic heterocycles. The third kappa shape index (κ3) is 3.16. The summed E-state index contributed by atoms with van der Waals surface area (Å²) < 4.78 is 0. The van der Waals surface area contributed by atoms with E-state index in [1.165, 1.54) is 11.1 Å². The molecule has 0 bridgehead atoms. The summed E-state index contributed by atoms with van der Waals surface area (Å²) in [5, 5.41) is 4.29. The van der Waals surface area contributed by atoms with Gasteiger partial charge in [0, 0.05) is 19.1 Å². The van der Waals surface area contributed by atoms with Gasteiger partial charge in [0.2, 0.25) is 0 Å². The number of likely N-dealkylation sites (N-methyl/N-ethyl adjacent to an activating group) is 1.